The van der Waals surface area contributed by atoms with Crippen molar-refractivity contribution in [1.29, 1.82) is 0 Å². The Labute approximate surface area is 283 Å². The van der Waals surface area contributed by atoms with Crippen molar-refractivity contribution < 1.29 is 4.21 Å². The molecule has 1 nitrogen and oxygen atoms in total. The van der Waals surface area contributed by atoms with Crippen LogP contribution in [0.1, 0.15) is 259 Å². The van der Waals surface area contributed by atoms with Crippen LogP contribution in [0, 0.1) is 0 Å². The number of hydrogen-bond donors (Lipinski definition) is 0. The molecule has 266 valence electrons. The van der Waals surface area contributed by atoms with E-state index in [0.29, 0.717) is 10.5 Å². The van der Waals surface area contributed by atoms with Crippen molar-refractivity contribution in [1.82, 2.24) is 0 Å². The minimum Gasteiger partial charge on any atom is -0.259 e. The minimum absolute atomic E-state index is 0.461. The Bertz CT molecular complexity index is 460. The zero-order valence-electron chi connectivity index (χ0n) is 31.4. The lowest BCUT2D eigenvalue weighted by molar-refractivity contribution is 0.506. The molecule has 0 fully saturated rings. The van der Waals surface area contributed by atoms with Gasteiger partial charge in [-0.15, -0.1) is 0 Å². The second-order valence-corrected chi connectivity index (χ2v) is 16.6. The SMILES string of the molecule is CCCCCCCCCCC(CCCCCCCCCC)S(=O)C(CCCCCCCCCC)CCCCCCCCCC. The predicted molar refractivity (Wildman–Crippen MR) is 205 cm³/mol. The van der Waals surface area contributed by atoms with Crippen LogP contribution in [-0.2, 0) is 10.8 Å². The van der Waals surface area contributed by atoms with Gasteiger partial charge in [-0.25, -0.2) is 0 Å². The van der Waals surface area contributed by atoms with Crippen LogP contribution in [-0.4, -0.2) is 14.7 Å². The van der Waals surface area contributed by atoms with E-state index in [0.717, 1.165) is 0 Å². The lowest BCUT2D eigenvalue weighted by Crippen LogP contribution is -2.27. The van der Waals surface area contributed by atoms with Gasteiger partial charge < -0.3 is 0 Å². The summed E-state index contributed by atoms with van der Waals surface area (Å²) in [5.74, 6) is 0. The van der Waals surface area contributed by atoms with Gasteiger partial charge in [0.15, 0.2) is 0 Å². The number of unbranched alkanes of at least 4 members (excludes halogenated alkanes) is 28. The van der Waals surface area contributed by atoms with E-state index in [9.17, 15) is 4.21 Å². The van der Waals surface area contributed by atoms with Gasteiger partial charge >= 0.3 is 0 Å². The second kappa shape index (κ2) is 37.6. The van der Waals surface area contributed by atoms with Crippen molar-refractivity contribution in [2.75, 3.05) is 0 Å². The van der Waals surface area contributed by atoms with E-state index in [4.69, 9.17) is 0 Å². The summed E-state index contributed by atoms with van der Waals surface area (Å²) >= 11 is 0. The maximum atomic E-state index is 14.3. The first-order chi connectivity index (χ1) is 21.7. The normalized spacial score (nSPS) is 12.0. The van der Waals surface area contributed by atoms with Crippen LogP contribution >= 0.6 is 0 Å². The highest BCUT2D eigenvalue weighted by molar-refractivity contribution is 7.86. The van der Waals surface area contributed by atoms with Crippen molar-refractivity contribution in [3.05, 3.63) is 0 Å². The van der Waals surface area contributed by atoms with E-state index in [1.54, 1.807) is 0 Å². The molecule has 0 aromatic carbocycles. The zero-order valence-corrected chi connectivity index (χ0v) is 32.2. The molecule has 0 rings (SSSR count). The molecule has 0 N–H and O–H groups in total. The van der Waals surface area contributed by atoms with E-state index in [1.165, 1.54) is 231 Å². The number of rotatable bonds is 38. The average molecular weight is 639 g/mol. The zero-order chi connectivity index (χ0) is 32.2. The van der Waals surface area contributed by atoms with Gasteiger partial charge in [0, 0.05) is 21.3 Å². The molecular formula is C42H86OS. The van der Waals surface area contributed by atoms with E-state index in [1.807, 2.05) is 0 Å². The second-order valence-electron chi connectivity index (χ2n) is 14.6. The van der Waals surface area contributed by atoms with Crippen molar-refractivity contribution >= 4 is 10.8 Å². The monoisotopic (exact) mass is 639 g/mol. The lowest BCUT2D eigenvalue weighted by Gasteiger charge is -2.24. The standard InChI is InChI=1S/C42H86OS/c1-5-9-13-17-21-25-29-33-37-41(38-34-30-26-22-18-14-10-6-2)44(43)42(39-35-31-27-23-19-15-11-7-3)40-36-32-28-24-20-16-12-8-4/h41-42H,5-40H2,1-4H3. The molecule has 0 radical (unpaired) electrons. The van der Waals surface area contributed by atoms with Gasteiger partial charge in [0.05, 0.1) is 0 Å². The molecule has 0 unspecified atom stereocenters. The van der Waals surface area contributed by atoms with Gasteiger partial charge in [-0.1, -0.05) is 233 Å². The molecule has 44 heavy (non-hydrogen) atoms. The van der Waals surface area contributed by atoms with Gasteiger partial charge in [-0.2, -0.15) is 0 Å². The molecule has 0 spiro atoms. The van der Waals surface area contributed by atoms with Crippen molar-refractivity contribution in [3.8, 4) is 0 Å². The Balaban J connectivity index is 4.88. The molecule has 0 aliphatic carbocycles. The van der Waals surface area contributed by atoms with Crippen molar-refractivity contribution in [2.24, 2.45) is 0 Å². The summed E-state index contributed by atoms with van der Waals surface area (Å²) in [5, 5.41) is 0.923. The summed E-state index contributed by atoms with van der Waals surface area (Å²) in [6.45, 7) is 9.24. The summed E-state index contributed by atoms with van der Waals surface area (Å²) in [6.07, 6.45) is 49.1. The van der Waals surface area contributed by atoms with Crippen LogP contribution < -0.4 is 0 Å². The maximum Gasteiger partial charge on any atom is 0.0350 e. The predicted octanol–water partition coefficient (Wildman–Crippen LogP) is 15.6. The Hall–Kier alpha value is 0.150. The smallest absolute Gasteiger partial charge is 0.0350 e. The fourth-order valence-electron chi connectivity index (χ4n) is 7.05. The van der Waals surface area contributed by atoms with Crippen LogP contribution in [0.2, 0.25) is 0 Å². The number of hydrogen-bond acceptors (Lipinski definition) is 1. The summed E-state index contributed by atoms with van der Waals surface area (Å²) in [7, 11) is -0.642. The van der Waals surface area contributed by atoms with Gasteiger partial charge in [-0.3, -0.25) is 4.21 Å². The molecule has 0 aliphatic heterocycles. The fraction of sp³-hybridized carbons (Fsp3) is 1.00. The quantitative estimate of drug-likeness (QED) is 0.0615. The van der Waals surface area contributed by atoms with Gasteiger partial charge in [0.25, 0.3) is 0 Å². The Morgan fingerprint density at radius 1 is 0.273 bits per heavy atom. The van der Waals surface area contributed by atoms with E-state index in [2.05, 4.69) is 27.7 Å². The largest absolute Gasteiger partial charge is 0.259 e. The van der Waals surface area contributed by atoms with Crippen LogP contribution in [0.5, 0.6) is 0 Å². The Morgan fingerprint density at radius 2 is 0.432 bits per heavy atom. The fourth-order valence-corrected chi connectivity index (χ4v) is 9.19. The van der Waals surface area contributed by atoms with E-state index >= 15 is 0 Å². The maximum absolute atomic E-state index is 14.3. The van der Waals surface area contributed by atoms with Gasteiger partial charge in [0.1, 0.15) is 0 Å². The average Bonchev–Trinajstić information content (AvgIpc) is 3.03. The summed E-state index contributed by atoms with van der Waals surface area (Å²) in [4.78, 5) is 0. The molecule has 0 aromatic heterocycles. The molecule has 0 aliphatic rings. The third-order valence-corrected chi connectivity index (χ3v) is 12.4. The van der Waals surface area contributed by atoms with Crippen LogP contribution in [0.4, 0.5) is 0 Å². The topological polar surface area (TPSA) is 17.1 Å². The van der Waals surface area contributed by atoms with Crippen LogP contribution in [0.3, 0.4) is 0 Å². The van der Waals surface area contributed by atoms with Gasteiger partial charge in [0.2, 0.25) is 0 Å². The minimum atomic E-state index is -0.642. The first-order valence-corrected chi connectivity index (χ1v) is 22.4. The highest BCUT2D eigenvalue weighted by atomic mass is 32.2. The molecule has 0 bridgehead atoms. The van der Waals surface area contributed by atoms with E-state index in [-0.39, 0.29) is 0 Å². The highest BCUT2D eigenvalue weighted by Crippen LogP contribution is 2.26. The molecule has 0 saturated heterocycles. The Kier molecular flexibility index (Phi) is 37.7. The molecule has 0 amide bonds. The third-order valence-electron chi connectivity index (χ3n) is 10.2. The lowest BCUT2D eigenvalue weighted by atomic mass is 10.0. The molecule has 2 heteroatoms. The summed E-state index contributed by atoms with van der Waals surface area (Å²) in [5.41, 5.74) is 0. The van der Waals surface area contributed by atoms with Crippen LogP contribution in [0.15, 0.2) is 0 Å². The summed E-state index contributed by atoms with van der Waals surface area (Å²) < 4.78 is 14.3. The third kappa shape index (κ3) is 30.8. The highest BCUT2D eigenvalue weighted by Gasteiger charge is 2.24. The molecular weight excluding hydrogens is 553 g/mol. The Morgan fingerprint density at radius 3 is 0.614 bits per heavy atom. The molecule has 0 heterocycles. The molecule has 0 aromatic rings. The summed E-state index contributed by atoms with van der Waals surface area (Å²) in [6, 6.07) is 0. The van der Waals surface area contributed by atoms with Crippen LogP contribution in [0.25, 0.3) is 0 Å². The molecule has 0 saturated carbocycles. The van der Waals surface area contributed by atoms with Crippen molar-refractivity contribution in [3.63, 3.8) is 0 Å². The van der Waals surface area contributed by atoms with Crippen molar-refractivity contribution in [2.45, 2.75) is 269 Å². The van der Waals surface area contributed by atoms with Gasteiger partial charge in [-0.05, 0) is 25.7 Å². The first-order valence-electron chi connectivity index (χ1n) is 21.1. The molecule has 0 atom stereocenters. The van der Waals surface area contributed by atoms with E-state index < -0.39 is 10.8 Å². The first kappa shape index (κ1) is 44.1.